The molecule has 1 atom stereocenters. The maximum atomic E-state index is 12.7. The van der Waals surface area contributed by atoms with Crippen molar-refractivity contribution in [1.82, 2.24) is 0 Å². The third kappa shape index (κ3) is 4.23. The molecule has 0 amide bonds. The van der Waals surface area contributed by atoms with Gasteiger partial charge in [-0.2, -0.15) is 0 Å². The molecule has 2 aromatic carbocycles. The van der Waals surface area contributed by atoms with Crippen LogP contribution in [-0.4, -0.2) is 12.6 Å². The Labute approximate surface area is 185 Å². The second-order valence-electron chi connectivity index (χ2n) is 7.30. The van der Waals surface area contributed by atoms with Crippen LogP contribution in [0.4, 0.5) is 0 Å². The maximum absolute atomic E-state index is 12.7. The Kier molecular flexibility index (Phi) is 5.98. The number of nitrogens with two attached hydrogens (primary N) is 1. The SMILES string of the molecule is CCOC(=O)C1=C(N)Oc2cc(C)oc(=O)c2C1c1ccc(OCc2ccccc2)cc1. The molecule has 0 radical (unpaired) electrons. The van der Waals surface area contributed by atoms with Gasteiger partial charge in [-0.25, -0.2) is 9.59 Å². The minimum absolute atomic E-state index is 0.0634. The first-order valence-electron chi connectivity index (χ1n) is 10.2. The highest BCUT2D eigenvalue weighted by Crippen LogP contribution is 2.41. The van der Waals surface area contributed by atoms with Crippen LogP contribution in [0, 0.1) is 6.92 Å². The first-order valence-corrected chi connectivity index (χ1v) is 10.2. The zero-order valence-electron chi connectivity index (χ0n) is 17.8. The molecule has 0 fully saturated rings. The molecule has 3 aromatic rings. The molecule has 4 rings (SSSR count). The van der Waals surface area contributed by atoms with Crippen LogP contribution in [0.15, 0.2) is 81.3 Å². The van der Waals surface area contributed by atoms with Crippen molar-refractivity contribution >= 4 is 5.97 Å². The van der Waals surface area contributed by atoms with Gasteiger partial charge in [0.15, 0.2) is 0 Å². The van der Waals surface area contributed by atoms with E-state index in [1.54, 1.807) is 44.2 Å². The molecule has 32 heavy (non-hydrogen) atoms. The fraction of sp³-hybridized carbons (Fsp3) is 0.200. The average Bonchev–Trinajstić information content (AvgIpc) is 2.77. The molecule has 0 saturated heterocycles. The molecule has 1 aromatic heterocycles. The predicted molar refractivity (Wildman–Crippen MR) is 117 cm³/mol. The van der Waals surface area contributed by atoms with Crippen molar-refractivity contribution in [2.75, 3.05) is 6.61 Å². The van der Waals surface area contributed by atoms with E-state index in [0.717, 1.165) is 5.56 Å². The van der Waals surface area contributed by atoms with Gasteiger partial charge in [0.2, 0.25) is 5.88 Å². The summed E-state index contributed by atoms with van der Waals surface area (Å²) in [5, 5.41) is 0. The van der Waals surface area contributed by atoms with Crippen molar-refractivity contribution in [2.45, 2.75) is 26.4 Å². The minimum Gasteiger partial charge on any atom is -0.489 e. The van der Waals surface area contributed by atoms with Gasteiger partial charge in [-0.3, -0.25) is 0 Å². The van der Waals surface area contributed by atoms with Gasteiger partial charge in [-0.15, -0.1) is 0 Å². The highest BCUT2D eigenvalue weighted by Gasteiger charge is 2.38. The smallest absolute Gasteiger partial charge is 0.343 e. The Balaban J connectivity index is 1.70. The van der Waals surface area contributed by atoms with E-state index in [4.69, 9.17) is 24.4 Å². The number of carbonyl (C=O) groups is 1. The minimum atomic E-state index is -0.794. The normalized spacial score (nSPS) is 15.0. The number of benzene rings is 2. The Hall–Kier alpha value is -4.00. The second kappa shape index (κ2) is 9.01. The number of aryl methyl sites for hydroxylation is 1. The number of ether oxygens (including phenoxy) is 3. The summed E-state index contributed by atoms with van der Waals surface area (Å²) in [6.07, 6.45) is 0. The molecular formula is C25H23NO6. The summed E-state index contributed by atoms with van der Waals surface area (Å²) < 4.78 is 21.9. The Bertz CT molecular complexity index is 1210. The lowest BCUT2D eigenvalue weighted by Crippen LogP contribution is -2.31. The highest BCUT2D eigenvalue weighted by molar-refractivity contribution is 5.92. The number of hydrogen-bond acceptors (Lipinski definition) is 7. The summed E-state index contributed by atoms with van der Waals surface area (Å²) in [6, 6.07) is 18.5. The molecule has 164 valence electrons. The highest BCUT2D eigenvalue weighted by atomic mass is 16.5. The van der Waals surface area contributed by atoms with Crippen molar-refractivity contribution in [3.8, 4) is 11.5 Å². The lowest BCUT2D eigenvalue weighted by atomic mass is 9.83. The predicted octanol–water partition coefficient (Wildman–Crippen LogP) is 3.78. The Morgan fingerprint density at radius 1 is 1.09 bits per heavy atom. The molecule has 0 bridgehead atoms. The molecule has 0 aliphatic carbocycles. The third-order valence-corrected chi connectivity index (χ3v) is 5.09. The van der Waals surface area contributed by atoms with Gasteiger partial charge < -0.3 is 24.4 Å². The van der Waals surface area contributed by atoms with Gasteiger partial charge in [0, 0.05) is 6.07 Å². The Morgan fingerprint density at radius 3 is 2.50 bits per heavy atom. The van der Waals surface area contributed by atoms with Crippen LogP contribution in [0.25, 0.3) is 0 Å². The van der Waals surface area contributed by atoms with Crippen molar-refractivity contribution < 1.29 is 23.4 Å². The van der Waals surface area contributed by atoms with Gasteiger partial charge in [-0.05, 0) is 37.1 Å². The van der Waals surface area contributed by atoms with Crippen LogP contribution in [0.1, 0.15) is 35.3 Å². The molecule has 2 heterocycles. The fourth-order valence-corrected chi connectivity index (χ4v) is 3.66. The molecule has 1 aliphatic rings. The summed E-state index contributed by atoms with van der Waals surface area (Å²) >= 11 is 0. The van der Waals surface area contributed by atoms with E-state index < -0.39 is 17.5 Å². The lowest BCUT2D eigenvalue weighted by molar-refractivity contribution is -0.139. The molecule has 0 saturated carbocycles. The molecule has 1 unspecified atom stereocenters. The topological polar surface area (TPSA) is 101 Å². The van der Waals surface area contributed by atoms with E-state index >= 15 is 0 Å². The summed E-state index contributed by atoms with van der Waals surface area (Å²) in [5.41, 5.74) is 7.46. The van der Waals surface area contributed by atoms with Crippen LogP contribution in [0.3, 0.4) is 0 Å². The standard InChI is InChI=1S/C25H23NO6/c1-3-29-24(27)22-20(21-19(32-23(22)26)13-15(2)31-25(21)28)17-9-11-18(12-10-17)30-14-16-7-5-4-6-8-16/h4-13,20H,3,14,26H2,1-2H3. The van der Waals surface area contributed by atoms with E-state index in [9.17, 15) is 9.59 Å². The van der Waals surface area contributed by atoms with E-state index in [-0.39, 0.29) is 29.4 Å². The van der Waals surface area contributed by atoms with Crippen LogP contribution < -0.4 is 20.8 Å². The van der Waals surface area contributed by atoms with E-state index in [1.807, 2.05) is 30.3 Å². The summed E-state index contributed by atoms with van der Waals surface area (Å²) in [5.74, 6) is -0.253. The van der Waals surface area contributed by atoms with Crippen LogP contribution in [-0.2, 0) is 16.1 Å². The van der Waals surface area contributed by atoms with Gasteiger partial charge in [0.05, 0.1) is 18.1 Å². The van der Waals surface area contributed by atoms with Crippen molar-refractivity contribution in [3.63, 3.8) is 0 Å². The van der Waals surface area contributed by atoms with E-state index in [2.05, 4.69) is 0 Å². The molecule has 1 aliphatic heterocycles. The third-order valence-electron chi connectivity index (χ3n) is 5.09. The number of rotatable bonds is 6. The number of fused-ring (bicyclic) bond motifs is 1. The summed E-state index contributed by atoms with van der Waals surface area (Å²) in [4.78, 5) is 25.4. The molecular weight excluding hydrogens is 410 g/mol. The molecule has 7 nitrogen and oxygen atoms in total. The first kappa shape index (κ1) is 21.2. The average molecular weight is 433 g/mol. The quantitative estimate of drug-likeness (QED) is 0.590. The summed E-state index contributed by atoms with van der Waals surface area (Å²) in [6.45, 7) is 3.91. The van der Waals surface area contributed by atoms with Gasteiger partial charge in [-0.1, -0.05) is 42.5 Å². The summed E-state index contributed by atoms with van der Waals surface area (Å²) in [7, 11) is 0. The monoisotopic (exact) mass is 433 g/mol. The zero-order chi connectivity index (χ0) is 22.7. The molecule has 2 N–H and O–H groups in total. The second-order valence-corrected chi connectivity index (χ2v) is 7.30. The van der Waals surface area contributed by atoms with Gasteiger partial charge in [0.25, 0.3) is 0 Å². The molecule has 0 spiro atoms. The largest absolute Gasteiger partial charge is 0.489 e. The fourth-order valence-electron chi connectivity index (χ4n) is 3.66. The van der Waals surface area contributed by atoms with E-state index in [0.29, 0.717) is 23.7 Å². The first-order chi connectivity index (χ1) is 15.5. The van der Waals surface area contributed by atoms with Crippen LogP contribution in [0.5, 0.6) is 11.5 Å². The number of esters is 1. The Morgan fingerprint density at radius 2 is 1.81 bits per heavy atom. The van der Waals surface area contributed by atoms with Crippen molar-refractivity contribution in [3.05, 3.63) is 105 Å². The van der Waals surface area contributed by atoms with Gasteiger partial charge >= 0.3 is 11.6 Å². The van der Waals surface area contributed by atoms with Crippen LogP contribution >= 0.6 is 0 Å². The number of hydrogen-bond donors (Lipinski definition) is 1. The molecule has 7 heteroatoms. The van der Waals surface area contributed by atoms with Gasteiger partial charge in [0.1, 0.15) is 29.4 Å². The lowest BCUT2D eigenvalue weighted by Gasteiger charge is -2.27. The van der Waals surface area contributed by atoms with Crippen molar-refractivity contribution in [1.29, 1.82) is 0 Å². The van der Waals surface area contributed by atoms with Crippen molar-refractivity contribution in [2.24, 2.45) is 5.73 Å². The van der Waals surface area contributed by atoms with E-state index in [1.165, 1.54) is 0 Å². The zero-order valence-corrected chi connectivity index (χ0v) is 17.8. The maximum Gasteiger partial charge on any atom is 0.343 e. The van der Waals surface area contributed by atoms with Crippen LogP contribution in [0.2, 0.25) is 0 Å². The number of carbonyl (C=O) groups excluding carboxylic acids is 1.